The summed E-state index contributed by atoms with van der Waals surface area (Å²) in [5, 5.41) is 0. The van der Waals surface area contributed by atoms with Gasteiger partial charge in [0.05, 0.1) is 5.41 Å². The average molecular weight is 325 g/mol. The molecule has 0 aromatic heterocycles. The number of hydrogen-bond donors (Lipinski definition) is 0. The maximum atomic E-state index is 12.5. The van der Waals surface area contributed by atoms with Crippen molar-refractivity contribution >= 4 is 27.7 Å². The van der Waals surface area contributed by atoms with Crippen molar-refractivity contribution in [3.05, 3.63) is 34.3 Å². The predicted octanol–water partition coefficient (Wildman–Crippen LogP) is 3.67. The van der Waals surface area contributed by atoms with Crippen molar-refractivity contribution in [3.8, 4) is 0 Å². The highest BCUT2D eigenvalue weighted by atomic mass is 79.9. The lowest BCUT2D eigenvalue weighted by molar-refractivity contribution is -0.186. The highest BCUT2D eigenvalue weighted by Gasteiger charge is 2.55. The first-order valence-electron chi connectivity index (χ1n) is 6.19. The van der Waals surface area contributed by atoms with E-state index in [1.54, 1.807) is 13.8 Å². The van der Waals surface area contributed by atoms with Gasteiger partial charge in [-0.15, -0.1) is 0 Å². The lowest BCUT2D eigenvalue weighted by atomic mass is 9.67. The number of carbonyl (C=O) groups is 2. The van der Waals surface area contributed by atoms with Gasteiger partial charge >= 0.3 is 5.97 Å². The van der Waals surface area contributed by atoms with Crippen LogP contribution in [-0.4, -0.2) is 11.8 Å². The van der Waals surface area contributed by atoms with Gasteiger partial charge in [0.2, 0.25) is 0 Å². The standard InChI is InChI=1S/C15H17BrO3/c1-14(2)11(9-5-7-10(16)8-6-9)19-13(18)15(3,4)12(14)17/h5-8,11H,1-4H3. The number of halogens is 1. The molecule has 1 aromatic rings. The molecule has 0 spiro atoms. The monoisotopic (exact) mass is 324 g/mol. The second-order valence-electron chi connectivity index (χ2n) is 6.01. The molecule has 0 bridgehead atoms. The maximum Gasteiger partial charge on any atom is 0.319 e. The molecule has 0 saturated carbocycles. The number of rotatable bonds is 1. The smallest absolute Gasteiger partial charge is 0.319 e. The Morgan fingerprint density at radius 1 is 1.05 bits per heavy atom. The number of carbonyl (C=O) groups excluding carboxylic acids is 2. The Bertz CT molecular complexity index is 529. The molecule has 102 valence electrons. The van der Waals surface area contributed by atoms with Gasteiger partial charge < -0.3 is 4.74 Å². The first kappa shape index (κ1) is 14.3. The molecule has 0 aliphatic carbocycles. The zero-order valence-electron chi connectivity index (χ0n) is 11.5. The van der Waals surface area contributed by atoms with E-state index in [2.05, 4.69) is 15.9 Å². The summed E-state index contributed by atoms with van der Waals surface area (Å²) in [5.41, 5.74) is -0.967. The Labute approximate surface area is 121 Å². The van der Waals surface area contributed by atoms with E-state index in [1.807, 2.05) is 38.1 Å². The molecule has 4 heteroatoms. The molecule has 1 atom stereocenters. The van der Waals surface area contributed by atoms with Gasteiger partial charge in [0.25, 0.3) is 0 Å². The lowest BCUT2D eigenvalue weighted by Gasteiger charge is -2.43. The molecule has 0 N–H and O–H groups in total. The maximum absolute atomic E-state index is 12.5. The van der Waals surface area contributed by atoms with Crippen LogP contribution in [0.2, 0.25) is 0 Å². The van der Waals surface area contributed by atoms with Crippen LogP contribution >= 0.6 is 15.9 Å². The minimum Gasteiger partial charge on any atom is -0.456 e. The number of benzene rings is 1. The zero-order valence-corrected chi connectivity index (χ0v) is 13.1. The van der Waals surface area contributed by atoms with Crippen molar-refractivity contribution < 1.29 is 14.3 Å². The first-order chi connectivity index (χ1) is 8.67. The second kappa shape index (κ2) is 4.44. The third-order valence-corrected chi connectivity index (χ3v) is 4.24. The SMILES string of the molecule is CC1(C)C(=O)OC(c2ccc(Br)cc2)C(C)(C)C1=O. The summed E-state index contributed by atoms with van der Waals surface area (Å²) in [4.78, 5) is 24.5. The predicted molar refractivity (Wildman–Crippen MR) is 75.5 cm³/mol. The van der Waals surface area contributed by atoms with E-state index < -0.39 is 22.9 Å². The van der Waals surface area contributed by atoms with Gasteiger partial charge in [-0.3, -0.25) is 9.59 Å². The highest BCUT2D eigenvalue weighted by Crippen LogP contribution is 2.47. The van der Waals surface area contributed by atoms with E-state index in [0.717, 1.165) is 10.0 Å². The van der Waals surface area contributed by atoms with Crippen LogP contribution in [0, 0.1) is 10.8 Å². The summed E-state index contributed by atoms with van der Waals surface area (Å²) in [5.74, 6) is -0.533. The minimum atomic E-state index is -1.07. The van der Waals surface area contributed by atoms with Crippen LogP contribution < -0.4 is 0 Å². The fourth-order valence-electron chi connectivity index (χ4n) is 2.54. The fourth-order valence-corrected chi connectivity index (χ4v) is 2.81. The van der Waals surface area contributed by atoms with E-state index in [4.69, 9.17) is 4.74 Å². The van der Waals surface area contributed by atoms with Crippen molar-refractivity contribution in [3.63, 3.8) is 0 Å². The molecule has 1 aliphatic heterocycles. The van der Waals surface area contributed by atoms with Crippen molar-refractivity contribution in [2.75, 3.05) is 0 Å². The summed E-state index contributed by atoms with van der Waals surface area (Å²) < 4.78 is 6.49. The van der Waals surface area contributed by atoms with Gasteiger partial charge in [-0.25, -0.2) is 0 Å². The zero-order chi connectivity index (χ0) is 14.4. The summed E-state index contributed by atoms with van der Waals surface area (Å²) in [6, 6.07) is 7.50. The van der Waals surface area contributed by atoms with Gasteiger partial charge in [0.1, 0.15) is 11.5 Å². The summed E-state index contributed by atoms with van der Waals surface area (Å²) in [6.07, 6.45) is -0.534. The van der Waals surface area contributed by atoms with Crippen LogP contribution in [0.15, 0.2) is 28.7 Å². The molecule has 1 heterocycles. The van der Waals surface area contributed by atoms with Gasteiger partial charge in [0, 0.05) is 4.47 Å². The van der Waals surface area contributed by atoms with Gasteiger partial charge in [-0.2, -0.15) is 0 Å². The lowest BCUT2D eigenvalue weighted by Crippen LogP contribution is -2.52. The molecule has 19 heavy (non-hydrogen) atoms. The molecule has 3 nitrogen and oxygen atoms in total. The molecular formula is C15H17BrO3. The molecule has 0 radical (unpaired) electrons. The van der Waals surface area contributed by atoms with E-state index in [1.165, 1.54) is 0 Å². The number of esters is 1. The van der Waals surface area contributed by atoms with Crippen LogP contribution in [0.5, 0.6) is 0 Å². The van der Waals surface area contributed by atoms with Crippen LogP contribution in [0.25, 0.3) is 0 Å². The van der Waals surface area contributed by atoms with Crippen molar-refractivity contribution in [1.29, 1.82) is 0 Å². The molecule has 1 fully saturated rings. The van der Waals surface area contributed by atoms with Gasteiger partial charge in [-0.1, -0.05) is 28.1 Å². The van der Waals surface area contributed by atoms with E-state index in [-0.39, 0.29) is 5.78 Å². The Hall–Kier alpha value is -1.16. The van der Waals surface area contributed by atoms with Crippen LogP contribution in [0.1, 0.15) is 39.4 Å². The quantitative estimate of drug-likeness (QED) is 0.584. The number of ketones is 1. The van der Waals surface area contributed by atoms with E-state index >= 15 is 0 Å². The topological polar surface area (TPSA) is 43.4 Å². The molecule has 1 saturated heterocycles. The number of hydrogen-bond acceptors (Lipinski definition) is 3. The summed E-state index contributed by atoms with van der Waals surface area (Å²) >= 11 is 3.37. The van der Waals surface area contributed by atoms with Crippen LogP contribution in [0.3, 0.4) is 0 Å². The number of cyclic esters (lactones) is 1. The highest BCUT2D eigenvalue weighted by molar-refractivity contribution is 9.10. The van der Waals surface area contributed by atoms with Crippen LogP contribution in [0.4, 0.5) is 0 Å². The van der Waals surface area contributed by atoms with Gasteiger partial charge in [0.15, 0.2) is 5.78 Å². The van der Waals surface area contributed by atoms with Crippen LogP contribution in [-0.2, 0) is 14.3 Å². The Morgan fingerprint density at radius 3 is 2.11 bits per heavy atom. The third kappa shape index (κ3) is 2.22. The minimum absolute atomic E-state index is 0.0795. The molecule has 1 unspecified atom stereocenters. The average Bonchev–Trinajstić information content (AvgIpc) is 2.34. The van der Waals surface area contributed by atoms with Crippen molar-refractivity contribution in [2.45, 2.75) is 33.8 Å². The third-order valence-electron chi connectivity index (χ3n) is 3.72. The van der Waals surface area contributed by atoms with Crippen molar-refractivity contribution in [1.82, 2.24) is 0 Å². The number of ether oxygens (including phenoxy) is 1. The first-order valence-corrected chi connectivity index (χ1v) is 6.98. The largest absolute Gasteiger partial charge is 0.456 e. The fraction of sp³-hybridized carbons (Fsp3) is 0.467. The Kier molecular flexibility index (Phi) is 3.33. The van der Waals surface area contributed by atoms with Crippen molar-refractivity contribution in [2.24, 2.45) is 10.8 Å². The molecule has 1 aliphatic rings. The normalized spacial score (nSPS) is 25.0. The summed E-state index contributed by atoms with van der Waals surface area (Å²) in [7, 11) is 0. The Morgan fingerprint density at radius 2 is 1.58 bits per heavy atom. The molecule has 1 aromatic carbocycles. The molecule has 2 rings (SSSR count). The summed E-state index contributed by atoms with van der Waals surface area (Å²) in [6.45, 7) is 6.90. The second-order valence-corrected chi connectivity index (χ2v) is 6.93. The molecule has 0 amide bonds. The number of Topliss-reactive ketones (excluding diaryl/α,β-unsaturated/α-hetero) is 1. The molecular weight excluding hydrogens is 308 g/mol. The van der Waals surface area contributed by atoms with Gasteiger partial charge in [-0.05, 0) is 45.4 Å². The van der Waals surface area contributed by atoms with E-state index in [0.29, 0.717) is 0 Å². The van der Waals surface area contributed by atoms with E-state index in [9.17, 15) is 9.59 Å². The Balaban J connectivity index is 2.45.